The number of benzene rings is 1. The number of carbonyl (C=O) groups excluding carboxylic acids is 1. The van der Waals surface area contributed by atoms with Gasteiger partial charge in [0.25, 0.3) is 5.91 Å². The van der Waals surface area contributed by atoms with Crippen molar-refractivity contribution in [3.63, 3.8) is 0 Å². The quantitative estimate of drug-likeness (QED) is 0.731. The number of carboxylic acids is 1. The highest BCUT2D eigenvalue weighted by Crippen LogP contribution is 2.19. The highest BCUT2D eigenvalue weighted by atomic mass is 16.5. The molecule has 0 aliphatic heterocycles. The van der Waals surface area contributed by atoms with E-state index >= 15 is 0 Å². The van der Waals surface area contributed by atoms with Crippen LogP contribution in [0.3, 0.4) is 0 Å². The van der Waals surface area contributed by atoms with Crippen molar-refractivity contribution in [1.29, 1.82) is 0 Å². The number of rotatable bonds is 8. The number of nitrogens with zero attached hydrogens (tertiary/aromatic N) is 1. The lowest BCUT2D eigenvalue weighted by Gasteiger charge is -2.01. The Balaban J connectivity index is 1.77. The van der Waals surface area contributed by atoms with Gasteiger partial charge in [-0.3, -0.25) is 9.59 Å². The fourth-order valence-corrected chi connectivity index (χ4v) is 1.99. The molecule has 0 aliphatic carbocycles. The van der Waals surface area contributed by atoms with Crippen molar-refractivity contribution in [3.05, 3.63) is 42.1 Å². The molecular weight excluding hydrogens is 284 g/mol. The Kier molecular flexibility index (Phi) is 5.71. The minimum Gasteiger partial charge on any atom is -0.481 e. The van der Waals surface area contributed by atoms with Crippen molar-refractivity contribution >= 4 is 11.9 Å². The van der Waals surface area contributed by atoms with E-state index in [1.54, 1.807) is 6.07 Å². The number of aromatic nitrogens is 1. The summed E-state index contributed by atoms with van der Waals surface area (Å²) in [7, 11) is 0. The molecule has 2 rings (SSSR count). The minimum atomic E-state index is -0.792. The predicted octanol–water partition coefficient (Wildman–Crippen LogP) is 2.72. The molecule has 116 valence electrons. The fraction of sp³-hybridized carbons (Fsp3) is 0.312. The Hall–Kier alpha value is -2.63. The molecule has 1 amide bonds. The Morgan fingerprint density at radius 3 is 2.64 bits per heavy atom. The van der Waals surface area contributed by atoms with Crippen LogP contribution in [0.4, 0.5) is 0 Å². The monoisotopic (exact) mass is 302 g/mol. The number of carboxylic acid groups (broad SMARTS) is 1. The van der Waals surface area contributed by atoms with Gasteiger partial charge < -0.3 is 14.9 Å². The van der Waals surface area contributed by atoms with Gasteiger partial charge in [-0.15, -0.1) is 0 Å². The lowest BCUT2D eigenvalue weighted by atomic mass is 10.1. The summed E-state index contributed by atoms with van der Waals surface area (Å²) in [6.07, 6.45) is 2.29. The van der Waals surface area contributed by atoms with Crippen molar-refractivity contribution in [2.24, 2.45) is 0 Å². The molecule has 0 spiro atoms. The molecule has 1 heterocycles. The molecule has 22 heavy (non-hydrogen) atoms. The maximum Gasteiger partial charge on any atom is 0.303 e. The van der Waals surface area contributed by atoms with Crippen LogP contribution in [-0.4, -0.2) is 28.7 Å². The maximum atomic E-state index is 11.9. The molecule has 0 fully saturated rings. The van der Waals surface area contributed by atoms with E-state index in [4.69, 9.17) is 9.63 Å². The molecule has 1 aromatic carbocycles. The first-order chi connectivity index (χ1) is 10.7. The third kappa shape index (κ3) is 4.73. The van der Waals surface area contributed by atoms with Gasteiger partial charge in [-0.25, -0.2) is 0 Å². The smallest absolute Gasteiger partial charge is 0.303 e. The number of carbonyl (C=O) groups is 2. The fourth-order valence-electron chi connectivity index (χ4n) is 1.99. The highest BCUT2D eigenvalue weighted by molar-refractivity contribution is 5.93. The Labute approximate surface area is 128 Å². The van der Waals surface area contributed by atoms with Crippen LogP contribution >= 0.6 is 0 Å². The molecule has 0 radical (unpaired) electrons. The lowest BCUT2D eigenvalue weighted by molar-refractivity contribution is -0.137. The zero-order valence-corrected chi connectivity index (χ0v) is 12.1. The molecule has 1 aromatic heterocycles. The average Bonchev–Trinajstić information content (AvgIpc) is 3.01. The topological polar surface area (TPSA) is 92.4 Å². The van der Waals surface area contributed by atoms with Crippen LogP contribution in [0.5, 0.6) is 0 Å². The number of amides is 1. The third-order valence-corrected chi connectivity index (χ3v) is 3.15. The average molecular weight is 302 g/mol. The zero-order chi connectivity index (χ0) is 15.8. The van der Waals surface area contributed by atoms with E-state index in [1.165, 1.54) is 0 Å². The first-order valence-corrected chi connectivity index (χ1v) is 7.19. The van der Waals surface area contributed by atoms with Crippen LogP contribution in [0.25, 0.3) is 11.3 Å². The lowest BCUT2D eigenvalue weighted by Crippen LogP contribution is -2.24. The summed E-state index contributed by atoms with van der Waals surface area (Å²) in [5.41, 5.74) is 1.10. The summed E-state index contributed by atoms with van der Waals surface area (Å²) in [5.74, 6) is -0.531. The van der Waals surface area contributed by atoms with E-state index in [-0.39, 0.29) is 18.0 Å². The number of aliphatic carboxylic acids is 1. The Morgan fingerprint density at radius 1 is 1.14 bits per heavy atom. The number of nitrogens with one attached hydrogen (secondary N) is 1. The standard InChI is InChI=1S/C16H18N2O4/c19-15(20)9-5-2-6-10-17-16(21)13-11-14(22-18-13)12-7-3-1-4-8-12/h1,3-4,7-8,11H,2,5-6,9-10H2,(H,17,21)(H,19,20). The first-order valence-electron chi connectivity index (χ1n) is 7.19. The van der Waals surface area contributed by atoms with Gasteiger partial charge in [-0.05, 0) is 12.8 Å². The zero-order valence-electron chi connectivity index (χ0n) is 12.1. The van der Waals surface area contributed by atoms with Gasteiger partial charge in [-0.1, -0.05) is 41.9 Å². The van der Waals surface area contributed by atoms with Crippen molar-refractivity contribution in [1.82, 2.24) is 10.5 Å². The van der Waals surface area contributed by atoms with Gasteiger partial charge in [0.05, 0.1) is 0 Å². The van der Waals surface area contributed by atoms with Crippen LogP contribution in [0.15, 0.2) is 40.9 Å². The van der Waals surface area contributed by atoms with Gasteiger partial charge in [0.15, 0.2) is 11.5 Å². The van der Waals surface area contributed by atoms with E-state index in [0.717, 1.165) is 18.4 Å². The second kappa shape index (κ2) is 7.97. The van der Waals surface area contributed by atoms with Gasteiger partial charge in [0, 0.05) is 24.6 Å². The molecule has 0 saturated carbocycles. The van der Waals surface area contributed by atoms with Crippen LogP contribution in [0, 0.1) is 0 Å². The van der Waals surface area contributed by atoms with Crippen molar-refractivity contribution in [2.45, 2.75) is 25.7 Å². The normalized spacial score (nSPS) is 10.4. The molecule has 0 saturated heterocycles. The largest absolute Gasteiger partial charge is 0.481 e. The van der Waals surface area contributed by atoms with Crippen molar-refractivity contribution in [2.75, 3.05) is 6.54 Å². The molecule has 6 nitrogen and oxygen atoms in total. The van der Waals surface area contributed by atoms with Crippen molar-refractivity contribution < 1.29 is 19.2 Å². The van der Waals surface area contributed by atoms with Crippen LogP contribution < -0.4 is 5.32 Å². The van der Waals surface area contributed by atoms with Gasteiger partial charge >= 0.3 is 5.97 Å². The second-order valence-corrected chi connectivity index (χ2v) is 4.90. The van der Waals surface area contributed by atoms with Gasteiger partial charge in [0.1, 0.15) is 0 Å². The first kappa shape index (κ1) is 15.8. The maximum absolute atomic E-state index is 11.9. The van der Waals surface area contributed by atoms with Crippen molar-refractivity contribution in [3.8, 4) is 11.3 Å². The van der Waals surface area contributed by atoms with E-state index in [2.05, 4.69) is 10.5 Å². The minimum absolute atomic E-state index is 0.164. The Bertz CT molecular complexity index is 622. The summed E-state index contributed by atoms with van der Waals surface area (Å²) in [4.78, 5) is 22.3. The summed E-state index contributed by atoms with van der Waals surface area (Å²) >= 11 is 0. The Morgan fingerprint density at radius 2 is 1.91 bits per heavy atom. The molecule has 2 aromatic rings. The summed E-state index contributed by atoms with van der Waals surface area (Å²) in [6.45, 7) is 0.492. The second-order valence-electron chi connectivity index (χ2n) is 4.90. The van der Waals surface area contributed by atoms with Gasteiger partial charge in [-0.2, -0.15) is 0 Å². The van der Waals surface area contributed by atoms with Crippen LogP contribution in [0.2, 0.25) is 0 Å². The molecule has 0 bridgehead atoms. The van der Waals surface area contributed by atoms with E-state index < -0.39 is 5.97 Å². The molecular formula is C16H18N2O4. The molecule has 6 heteroatoms. The highest BCUT2D eigenvalue weighted by Gasteiger charge is 2.12. The van der Waals surface area contributed by atoms with E-state index in [1.807, 2.05) is 30.3 Å². The predicted molar refractivity (Wildman–Crippen MR) is 80.4 cm³/mol. The van der Waals surface area contributed by atoms with Gasteiger partial charge in [0.2, 0.25) is 0 Å². The summed E-state index contributed by atoms with van der Waals surface area (Å²) < 4.78 is 5.17. The SMILES string of the molecule is O=C(O)CCCCCNC(=O)c1cc(-c2ccccc2)on1. The van der Waals surface area contributed by atoms with Crippen LogP contribution in [-0.2, 0) is 4.79 Å². The van der Waals surface area contributed by atoms with E-state index in [0.29, 0.717) is 18.7 Å². The third-order valence-electron chi connectivity index (χ3n) is 3.15. The molecule has 0 unspecified atom stereocenters. The molecule has 2 N–H and O–H groups in total. The van der Waals surface area contributed by atoms with E-state index in [9.17, 15) is 9.59 Å². The number of hydrogen-bond donors (Lipinski definition) is 2. The number of unbranched alkanes of at least 4 members (excludes halogenated alkanes) is 2. The summed E-state index contributed by atoms with van der Waals surface area (Å²) in [6, 6.07) is 11.0. The molecule has 0 aliphatic rings. The summed E-state index contributed by atoms with van der Waals surface area (Å²) in [5, 5.41) is 15.0. The number of hydrogen-bond acceptors (Lipinski definition) is 4. The molecule has 0 atom stereocenters. The van der Waals surface area contributed by atoms with Crippen LogP contribution in [0.1, 0.15) is 36.2 Å².